The maximum Gasteiger partial charge on any atom is 0.228 e. The molecule has 1 heterocycles. The number of nitrogens with one attached hydrogen (secondary N) is 2. The summed E-state index contributed by atoms with van der Waals surface area (Å²) in [6.07, 6.45) is 1.97. The smallest absolute Gasteiger partial charge is 0.228 e. The molecule has 0 fully saturated rings. The molecule has 0 unspecified atom stereocenters. The number of guanidine groups is 1. The molecular formula is C7H14N6O. The summed E-state index contributed by atoms with van der Waals surface area (Å²) in [6, 6.07) is 0. The highest BCUT2D eigenvalue weighted by molar-refractivity contribution is 5.79. The number of hydrogen-bond donors (Lipinski definition) is 3. The van der Waals surface area contributed by atoms with Gasteiger partial charge in [0.25, 0.3) is 0 Å². The Balaban J connectivity index is 2.30. The minimum absolute atomic E-state index is 0.550. The van der Waals surface area contributed by atoms with E-state index in [1.54, 1.807) is 0 Å². The summed E-state index contributed by atoms with van der Waals surface area (Å²) in [6.45, 7) is 3.28. The Morgan fingerprint density at radius 3 is 3.14 bits per heavy atom. The summed E-state index contributed by atoms with van der Waals surface area (Å²) < 4.78 is 4.81. The molecule has 0 aliphatic rings. The summed E-state index contributed by atoms with van der Waals surface area (Å²) in [5, 5.41) is 6.45. The van der Waals surface area contributed by atoms with Gasteiger partial charge in [-0.2, -0.15) is 4.98 Å². The third-order valence-corrected chi connectivity index (χ3v) is 1.48. The predicted octanol–water partition coefficient (Wildman–Crippen LogP) is -0.959. The summed E-state index contributed by atoms with van der Waals surface area (Å²) in [5.41, 5.74) is 2.46. The van der Waals surface area contributed by atoms with Gasteiger partial charge in [-0.05, 0) is 6.92 Å². The number of aliphatic imine (C=N–C) groups is 1. The van der Waals surface area contributed by atoms with E-state index in [0.717, 1.165) is 6.54 Å². The topological polar surface area (TPSA) is 101 Å². The lowest BCUT2D eigenvalue weighted by molar-refractivity contribution is 0.379. The van der Waals surface area contributed by atoms with Crippen molar-refractivity contribution < 1.29 is 4.52 Å². The second-order valence-corrected chi connectivity index (χ2v) is 2.49. The maximum absolute atomic E-state index is 5.22. The molecule has 1 rings (SSSR count). The van der Waals surface area contributed by atoms with Gasteiger partial charge in [0.15, 0.2) is 6.33 Å². The van der Waals surface area contributed by atoms with E-state index in [1.165, 1.54) is 6.33 Å². The predicted molar refractivity (Wildman–Crippen MR) is 51.3 cm³/mol. The molecule has 0 aliphatic heterocycles. The number of aromatic nitrogens is 2. The van der Waals surface area contributed by atoms with Crippen LogP contribution in [0.25, 0.3) is 0 Å². The highest BCUT2D eigenvalue weighted by Gasteiger charge is 1.98. The quantitative estimate of drug-likeness (QED) is 0.249. The van der Waals surface area contributed by atoms with Crippen LogP contribution in [0.2, 0.25) is 0 Å². The first-order chi connectivity index (χ1) is 6.86. The third kappa shape index (κ3) is 3.40. The van der Waals surface area contributed by atoms with Gasteiger partial charge >= 0.3 is 0 Å². The first-order valence-electron chi connectivity index (χ1n) is 4.37. The molecule has 0 bridgehead atoms. The Hall–Kier alpha value is -1.63. The molecule has 1 aromatic rings. The molecule has 7 heteroatoms. The van der Waals surface area contributed by atoms with Crippen LogP contribution in [0.5, 0.6) is 0 Å². The second-order valence-electron chi connectivity index (χ2n) is 2.49. The molecule has 1 aromatic heterocycles. The first kappa shape index (κ1) is 10.5. The lowest BCUT2D eigenvalue weighted by Gasteiger charge is -2.05. The average Bonchev–Trinajstić information content (AvgIpc) is 2.69. The lowest BCUT2D eigenvalue weighted by Crippen LogP contribution is -2.41. The van der Waals surface area contributed by atoms with Gasteiger partial charge in [-0.25, -0.2) is 5.84 Å². The Morgan fingerprint density at radius 2 is 2.57 bits per heavy atom. The molecule has 4 N–H and O–H groups in total. The maximum atomic E-state index is 5.22. The zero-order chi connectivity index (χ0) is 10.2. The zero-order valence-corrected chi connectivity index (χ0v) is 8.03. The van der Waals surface area contributed by atoms with Crippen molar-refractivity contribution in [3.05, 3.63) is 12.2 Å². The van der Waals surface area contributed by atoms with Gasteiger partial charge in [-0.1, -0.05) is 5.16 Å². The summed E-state index contributed by atoms with van der Waals surface area (Å²) in [4.78, 5) is 8.01. The Kier molecular flexibility index (Phi) is 4.42. The van der Waals surface area contributed by atoms with Crippen molar-refractivity contribution in [2.24, 2.45) is 10.8 Å². The van der Waals surface area contributed by atoms with E-state index in [9.17, 15) is 0 Å². The van der Waals surface area contributed by atoms with Crippen LogP contribution >= 0.6 is 0 Å². The molecule has 0 aromatic carbocycles. The van der Waals surface area contributed by atoms with Crippen LogP contribution in [-0.4, -0.2) is 29.2 Å². The third-order valence-electron chi connectivity index (χ3n) is 1.48. The highest BCUT2D eigenvalue weighted by Crippen LogP contribution is 1.92. The number of hydrazine groups is 1. The molecule has 0 saturated carbocycles. The van der Waals surface area contributed by atoms with Gasteiger partial charge in [0.2, 0.25) is 11.9 Å². The van der Waals surface area contributed by atoms with E-state index >= 15 is 0 Å². The van der Waals surface area contributed by atoms with Crippen LogP contribution in [0.15, 0.2) is 15.8 Å². The average molecular weight is 198 g/mol. The summed E-state index contributed by atoms with van der Waals surface area (Å²) >= 11 is 0. The molecule has 0 spiro atoms. The largest absolute Gasteiger partial charge is 0.356 e. The van der Waals surface area contributed by atoms with Crippen LogP contribution < -0.4 is 16.6 Å². The van der Waals surface area contributed by atoms with Crippen molar-refractivity contribution in [2.75, 3.05) is 13.1 Å². The van der Waals surface area contributed by atoms with Crippen molar-refractivity contribution in [3.8, 4) is 0 Å². The molecule has 0 aliphatic carbocycles. The highest BCUT2D eigenvalue weighted by atomic mass is 16.5. The van der Waals surface area contributed by atoms with Crippen LogP contribution in [-0.2, 0) is 6.42 Å². The molecule has 0 radical (unpaired) electrons. The zero-order valence-electron chi connectivity index (χ0n) is 8.03. The standard InChI is InChI=1S/C7H14N6O/c1-2-9-7(13-8)10-4-3-6-11-5-12-14-6/h5H,2-4,8H2,1H3,(H2,9,10,13). The van der Waals surface area contributed by atoms with Gasteiger partial charge in [0.1, 0.15) is 0 Å². The van der Waals surface area contributed by atoms with Crippen LogP contribution in [0.3, 0.4) is 0 Å². The fourth-order valence-electron chi connectivity index (χ4n) is 0.890. The van der Waals surface area contributed by atoms with Crippen molar-refractivity contribution in [1.29, 1.82) is 0 Å². The van der Waals surface area contributed by atoms with Crippen molar-refractivity contribution in [1.82, 2.24) is 20.9 Å². The minimum atomic E-state index is 0.550. The van der Waals surface area contributed by atoms with Crippen molar-refractivity contribution in [3.63, 3.8) is 0 Å². The van der Waals surface area contributed by atoms with Gasteiger partial charge in [0, 0.05) is 13.0 Å². The van der Waals surface area contributed by atoms with Crippen molar-refractivity contribution >= 4 is 5.96 Å². The normalized spacial score (nSPS) is 11.4. The number of rotatable bonds is 4. The van der Waals surface area contributed by atoms with Crippen LogP contribution in [0.1, 0.15) is 12.8 Å². The Labute approximate surface area is 81.7 Å². The molecule has 0 saturated heterocycles. The van der Waals surface area contributed by atoms with Crippen LogP contribution in [0.4, 0.5) is 0 Å². The molecule has 14 heavy (non-hydrogen) atoms. The molecule has 0 atom stereocenters. The summed E-state index contributed by atoms with van der Waals surface area (Å²) in [5.74, 6) is 6.36. The van der Waals surface area contributed by atoms with E-state index in [4.69, 9.17) is 10.4 Å². The van der Waals surface area contributed by atoms with E-state index in [1.807, 2.05) is 6.92 Å². The number of nitrogens with two attached hydrogens (primary N) is 1. The van der Waals surface area contributed by atoms with Gasteiger partial charge < -0.3 is 9.84 Å². The number of hydrogen-bond acceptors (Lipinski definition) is 5. The van der Waals surface area contributed by atoms with E-state index in [0.29, 0.717) is 24.8 Å². The fourth-order valence-corrected chi connectivity index (χ4v) is 0.890. The molecule has 0 amide bonds. The number of nitrogens with zero attached hydrogens (tertiary/aromatic N) is 3. The van der Waals surface area contributed by atoms with Gasteiger partial charge in [-0.15, -0.1) is 0 Å². The van der Waals surface area contributed by atoms with E-state index in [2.05, 4.69) is 25.9 Å². The van der Waals surface area contributed by atoms with Gasteiger partial charge in [-0.3, -0.25) is 10.4 Å². The molecule has 7 nitrogen and oxygen atoms in total. The monoisotopic (exact) mass is 198 g/mol. The Bertz CT molecular complexity index is 270. The molecule has 78 valence electrons. The summed E-state index contributed by atoms with van der Waals surface area (Å²) in [7, 11) is 0. The Morgan fingerprint density at radius 1 is 1.71 bits per heavy atom. The fraction of sp³-hybridized carbons (Fsp3) is 0.571. The van der Waals surface area contributed by atoms with Crippen molar-refractivity contribution in [2.45, 2.75) is 13.3 Å². The minimum Gasteiger partial charge on any atom is -0.356 e. The van der Waals surface area contributed by atoms with Crippen LogP contribution in [0, 0.1) is 0 Å². The lowest BCUT2D eigenvalue weighted by atomic mass is 10.4. The SMILES string of the molecule is CCNC(=NCCc1ncno1)NN. The van der Waals surface area contributed by atoms with E-state index in [-0.39, 0.29) is 0 Å². The van der Waals surface area contributed by atoms with E-state index < -0.39 is 0 Å². The van der Waals surface area contributed by atoms with Gasteiger partial charge in [0.05, 0.1) is 6.54 Å². The molecular weight excluding hydrogens is 184 g/mol. The second kappa shape index (κ2) is 5.92. The first-order valence-corrected chi connectivity index (χ1v) is 4.37.